The minimum absolute atomic E-state index is 0.119. The van der Waals surface area contributed by atoms with Crippen LogP contribution in [0.4, 0.5) is 0 Å². The van der Waals surface area contributed by atoms with Gasteiger partial charge in [0.25, 0.3) is 0 Å². The Labute approximate surface area is 165 Å². The van der Waals surface area contributed by atoms with Crippen LogP contribution in [0.2, 0.25) is 0 Å². The molecule has 0 amide bonds. The van der Waals surface area contributed by atoms with Crippen molar-refractivity contribution in [1.29, 1.82) is 0 Å². The maximum absolute atomic E-state index is 6.08. The molecule has 0 N–H and O–H groups in total. The van der Waals surface area contributed by atoms with Crippen LogP contribution in [-0.4, -0.2) is 19.3 Å². The minimum Gasteiger partial charge on any atom is -0.370 e. The third kappa shape index (κ3) is 3.89. The van der Waals surface area contributed by atoms with Crippen molar-refractivity contribution in [2.75, 3.05) is 0 Å². The Balaban J connectivity index is 1.63. The van der Waals surface area contributed by atoms with E-state index in [4.69, 9.17) is 9.72 Å². The smallest absolute Gasteiger partial charge is 0.0962 e. The molecule has 142 valence electrons. The molecule has 0 bridgehead atoms. The molecule has 0 saturated heterocycles. The molecule has 0 unspecified atom stereocenters. The molecule has 28 heavy (non-hydrogen) atoms. The summed E-state index contributed by atoms with van der Waals surface area (Å²) in [6.07, 6.45) is 5.85. The molecule has 0 aliphatic rings. The Hall–Kier alpha value is -3.18. The summed E-state index contributed by atoms with van der Waals surface area (Å²) in [4.78, 5) is 4.72. The second-order valence-corrected chi connectivity index (χ2v) is 6.91. The van der Waals surface area contributed by atoms with Crippen molar-refractivity contribution < 1.29 is 4.74 Å². The summed E-state index contributed by atoms with van der Waals surface area (Å²) < 4.78 is 10.1. The van der Waals surface area contributed by atoms with E-state index in [0.29, 0.717) is 13.2 Å². The molecule has 0 saturated carbocycles. The summed E-state index contributed by atoms with van der Waals surface area (Å²) in [5.74, 6) is 0. The number of nitrogens with zero attached hydrogens (tertiary/aromatic N) is 4. The fraction of sp³-hybridized carbons (Fsp3) is 0.217. The highest BCUT2D eigenvalue weighted by molar-refractivity contribution is 5.61. The van der Waals surface area contributed by atoms with Crippen LogP contribution < -0.4 is 0 Å². The molecule has 2 heterocycles. The maximum Gasteiger partial charge on any atom is 0.0962 e. The first-order chi connectivity index (χ1) is 13.7. The highest BCUT2D eigenvalue weighted by Crippen LogP contribution is 2.28. The average molecular weight is 372 g/mol. The van der Waals surface area contributed by atoms with Crippen LogP contribution in [0.25, 0.3) is 11.3 Å². The lowest BCUT2D eigenvalue weighted by Gasteiger charge is -2.16. The summed E-state index contributed by atoms with van der Waals surface area (Å²) in [5.41, 5.74) is 5.43. The molecule has 0 fully saturated rings. The molecule has 0 radical (unpaired) electrons. The Morgan fingerprint density at radius 1 is 0.964 bits per heavy atom. The Bertz CT molecular complexity index is 1020. The molecular weight excluding hydrogens is 348 g/mol. The number of aryl methyl sites for hydroxylation is 1. The summed E-state index contributed by atoms with van der Waals surface area (Å²) in [7, 11) is 1.93. The molecule has 0 spiro atoms. The molecular formula is C23H24N4O. The van der Waals surface area contributed by atoms with Crippen LogP contribution >= 0.6 is 0 Å². The Morgan fingerprint density at radius 3 is 2.36 bits per heavy atom. The standard InChI is InChI=1S/C23H24N4O/c1-18(21-13-25-26(2)14-21)27-17-24-23(20-11-7-4-8-12-20)22(27)16-28-15-19-9-5-3-6-10-19/h3-14,17-18H,15-16H2,1-2H3/t18-/m1/s1. The van der Waals surface area contributed by atoms with Crippen molar-refractivity contribution in [3.8, 4) is 11.3 Å². The lowest BCUT2D eigenvalue weighted by molar-refractivity contribution is 0.102. The number of imidazole rings is 1. The van der Waals surface area contributed by atoms with E-state index in [-0.39, 0.29) is 6.04 Å². The van der Waals surface area contributed by atoms with Gasteiger partial charge in [0.15, 0.2) is 0 Å². The highest BCUT2D eigenvalue weighted by atomic mass is 16.5. The van der Waals surface area contributed by atoms with Crippen LogP contribution in [-0.2, 0) is 25.0 Å². The first-order valence-corrected chi connectivity index (χ1v) is 9.43. The number of hydrogen-bond acceptors (Lipinski definition) is 3. The Kier molecular flexibility index (Phi) is 5.35. The largest absolute Gasteiger partial charge is 0.370 e. The minimum atomic E-state index is 0.119. The van der Waals surface area contributed by atoms with E-state index in [1.165, 1.54) is 0 Å². The zero-order chi connectivity index (χ0) is 19.3. The Morgan fingerprint density at radius 2 is 1.68 bits per heavy atom. The molecule has 2 aromatic carbocycles. The van der Waals surface area contributed by atoms with Gasteiger partial charge in [0, 0.05) is 24.4 Å². The van der Waals surface area contributed by atoms with Crippen molar-refractivity contribution in [3.05, 3.63) is 96.2 Å². The molecule has 2 aromatic heterocycles. The van der Waals surface area contributed by atoms with E-state index in [0.717, 1.165) is 28.1 Å². The van der Waals surface area contributed by atoms with Crippen molar-refractivity contribution in [3.63, 3.8) is 0 Å². The molecule has 0 aliphatic heterocycles. The average Bonchev–Trinajstić information content (AvgIpc) is 3.35. The fourth-order valence-corrected chi connectivity index (χ4v) is 3.36. The van der Waals surface area contributed by atoms with Crippen molar-refractivity contribution in [2.45, 2.75) is 26.2 Å². The molecule has 4 rings (SSSR count). The van der Waals surface area contributed by atoms with Gasteiger partial charge in [-0.3, -0.25) is 4.68 Å². The van der Waals surface area contributed by atoms with E-state index < -0.39 is 0 Å². The first-order valence-electron chi connectivity index (χ1n) is 9.43. The zero-order valence-electron chi connectivity index (χ0n) is 16.2. The monoisotopic (exact) mass is 372 g/mol. The van der Waals surface area contributed by atoms with Gasteiger partial charge in [0.2, 0.25) is 0 Å². The first kappa shape index (κ1) is 18.2. The van der Waals surface area contributed by atoms with E-state index in [1.54, 1.807) is 0 Å². The fourth-order valence-electron chi connectivity index (χ4n) is 3.36. The lowest BCUT2D eigenvalue weighted by atomic mass is 10.1. The van der Waals surface area contributed by atoms with Crippen LogP contribution in [0.15, 0.2) is 79.4 Å². The summed E-state index contributed by atoms with van der Waals surface area (Å²) in [6, 6.07) is 20.6. The van der Waals surface area contributed by atoms with Gasteiger partial charge in [-0.1, -0.05) is 60.7 Å². The van der Waals surface area contributed by atoms with Gasteiger partial charge in [-0.15, -0.1) is 0 Å². The summed E-state index contributed by atoms with van der Waals surface area (Å²) >= 11 is 0. The second kappa shape index (κ2) is 8.23. The molecule has 5 heteroatoms. The molecule has 5 nitrogen and oxygen atoms in total. The summed E-state index contributed by atoms with van der Waals surface area (Å²) in [6.45, 7) is 3.22. The predicted octanol–water partition coefficient (Wildman–Crippen LogP) is 4.61. The number of rotatable bonds is 7. The number of hydrogen-bond donors (Lipinski definition) is 0. The quantitative estimate of drug-likeness (QED) is 0.476. The van der Waals surface area contributed by atoms with Gasteiger partial charge in [0.05, 0.1) is 43.2 Å². The van der Waals surface area contributed by atoms with Crippen molar-refractivity contribution >= 4 is 0 Å². The van der Waals surface area contributed by atoms with E-state index in [9.17, 15) is 0 Å². The number of benzene rings is 2. The third-order valence-corrected chi connectivity index (χ3v) is 4.92. The van der Waals surface area contributed by atoms with Crippen molar-refractivity contribution in [2.24, 2.45) is 7.05 Å². The van der Waals surface area contributed by atoms with Crippen LogP contribution in [0.5, 0.6) is 0 Å². The third-order valence-electron chi connectivity index (χ3n) is 4.92. The number of ether oxygens (including phenoxy) is 1. The van der Waals surface area contributed by atoms with Crippen LogP contribution in [0, 0.1) is 0 Å². The maximum atomic E-state index is 6.08. The van der Waals surface area contributed by atoms with Gasteiger partial charge >= 0.3 is 0 Å². The van der Waals surface area contributed by atoms with Crippen molar-refractivity contribution in [1.82, 2.24) is 19.3 Å². The van der Waals surface area contributed by atoms with E-state index >= 15 is 0 Å². The highest BCUT2D eigenvalue weighted by Gasteiger charge is 2.19. The lowest BCUT2D eigenvalue weighted by Crippen LogP contribution is -2.10. The van der Waals surface area contributed by atoms with Gasteiger partial charge < -0.3 is 9.30 Å². The second-order valence-electron chi connectivity index (χ2n) is 6.91. The topological polar surface area (TPSA) is 44.9 Å². The van der Waals surface area contributed by atoms with Gasteiger partial charge in [-0.25, -0.2) is 4.98 Å². The van der Waals surface area contributed by atoms with E-state index in [2.05, 4.69) is 40.9 Å². The molecule has 0 aliphatic carbocycles. The summed E-state index contributed by atoms with van der Waals surface area (Å²) in [5, 5.41) is 4.31. The van der Waals surface area contributed by atoms with Crippen LogP contribution in [0.3, 0.4) is 0 Å². The van der Waals surface area contributed by atoms with Gasteiger partial charge in [-0.05, 0) is 12.5 Å². The predicted molar refractivity (Wildman–Crippen MR) is 110 cm³/mol. The zero-order valence-corrected chi connectivity index (χ0v) is 16.2. The SMILES string of the molecule is C[C@H](c1cnn(C)c1)n1cnc(-c2ccccc2)c1COCc1ccccc1. The van der Waals surface area contributed by atoms with Crippen LogP contribution in [0.1, 0.15) is 29.8 Å². The van der Waals surface area contributed by atoms with E-state index in [1.807, 2.05) is 66.8 Å². The van der Waals surface area contributed by atoms with Gasteiger partial charge in [-0.2, -0.15) is 5.10 Å². The molecule has 4 aromatic rings. The molecule has 1 atom stereocenters. The number of aromatic nitrogens is 4. The normalized spacial score (nSPS) is 12.2. The van der Waals surface area contributed by atoms with Gasteiger partial charge in [0.1, 0.15) is 0 Å².